The van der Waals surface area contributed by atoms with Crippen LogP contribution in [0.1, 0.15) is 32.4 Å². The Morgan fingerprint density at radius 2 is 1.75 bits per heavy atom. The van der Waals surface area contributed by atoms with Gasteiger partial charge in [-0.15, -0.1) is 0 Å². The van der Waals surface area contributed by atoms with E-state index in [0.717, 1.165) is 19.6 Å². The molecule has 0 amide bonds. The molecule has 2 N–H and O–H groups in total. The van der Waals surface area contributed by atoms with E-state index in [1.165, 1.54) is 5.56 Å². The van der Waals surface area contributed by atoms with Crippen LogP contribution in [0.4, 0.5) is 0 Å². The van der Waals surface area contributed by atoms with Gasteiger partial charge in [-0.2, -0.15) is 0 Å². The van der Waals surface area contributed by atoms with Crippen LogP contribution in [0.2, 0.25) is 0 Å². The lowest BCUT2D eigenvalue weighted by Crippen LogP contribution is -2.34. The van der Waals surface area contributed by atoms with Gasteiger partial charge in [-0.1, -0.05) is 44.2 Å². The molecule has 0 aromatic heterocycles. The van der Waals surface area contributed by atoms with Crippen LogP contribution >= 0.6 is 0 Å². The van der Waals surface area contributed by atoms with Crippen molar-refractivity contribution in [1.82, 2.24) is 4.90 Å². The summed E-state index contributed by atoms with van der Waals surface area (Å²) in [7, 11) is 0. The predicted octanol–water partition coefficient (Wildman–Crippen LogP) is 2.66. The molecule has 0 fully saturated rings. The number of rotatable bonds is 6. The summed E-state index contributed by atoms with van der Waals surface area (Å²) in [5, 5.41) is 0. The van der Waals surface area contributed by atoms with Crippen molar-refractivity contribution in [2.75, 3.05) is 19.6 Å². The number of nitrogens with two attached hydrogens (primary N) is 1. The third-order valence-electron chi connectivity index (χ3n) is 2.85. The summed E-state index contributed by atoms with van der Waals surface area (Å²) < 4.78 is 0. The van der Waals surface area contributed by atoms with Gasteiger partial charge >= 0.3 is 0 Å². The Balaban J connectivity index is 2.70. The summed E-state index contributed by atoms with van der Waals surface area (Å²) in [5.41, 5.74) is 7.05. The van der Waals surface area contributed by atoms with Crippen LogP contribution < -0.4 is 5.73 Å². The largest absolute Gasteiger partial charge is 0.329 e. The van der Waals surface area contributed by atoms with Crippen LogP contribution in [0, 0.1) is 5.92 Å². The molecular weight excluding hydrogens is 196 g/mol. The van der Waals surface area contributed by atoms with Gasteiger partial charge in [-0.3, -0.25) is 4.90 Å². The van der Waals surface area contributed by atoms with Crippen molar-refractivity contribution in [3.63, 3.8) is 0 Å². The molecule has 0 spiro atoms. The molecule has 1 atom stereocenters. The molecule has 1 aromatic rings. The number of benzene rings is 1. The monoisotopic (exact) mass is 220 g/mol. The molecule has 90 valence electrons. The van der Waals surface area contributed by atoms with Crippen molar-refractivity contribution in [3.8, 4) is 0 Å². The zero-order valence-electron chi connectivity index (χ0n) is 10.7. The Kier molecular flexibility index (Phi) is 5.50. The van der Waals surface area contributed by atoms with Crippen molar-refractivity contribution < 1.29 is 0 Å². The van der Waals surface area contributed by atoms with Crippen molar-refractivity contribution in [2.24, 2.45) is 11.7 Å². The first-order chi connectivity index (χ1) is 7.65. The molecule has 1 unspecified atom stereocenters. The minimum atomic E-state index is 0.451. The van der Waals surface area contributed by atoms with Gasteiger partial charge in [0.15, 0.2) is 0 Å². The van der Waals surface area contributed by atoms with Gasteiger partial charge in [0, 0.05) is 25.7 Å². The molecule has 16 heavy (non-hydrogen) atoms. The molecule has 0 radical (unpaired) electrons. The van der Waals surface area contributed by atoms with E-state index in [2.05, 4.69) is 56.0 Å². The van der Waals surface area contributed by atoms with Crippen molar-refractivity contribution in [3.05, 3.63) is 35.9 Å². The molecule has 0 saturated heterocycles. The first-order valence-electron chi connectivity index (χ1n) is 6.14. The minimum absolute atomic E-state index is 0.451. The fourth-order valence-corrected chi connectivity index (χ4v) is 2.02. The lowest BCUT2D eigenvalue weighted by atomic mass is 10.1. The molecule has 2 heteroatoms. The molecule has 1 rings (SSSR count). The molecule has 0 heterocycles. The van der Waals surface area contributed by atoms with E-state index in [4.69, 9.17) is 5.73 Å². The summed E-state index contributed by atoms with van der Waals surface area (Å²) in [5.74, 6) is 0.678. The third-order valence-corrected chi connectivity index (χ3v) is 2.85. The maximum absolute atomic E-state index is 5.68. The second-order valence-electron chi connectivity index (χ2n) is 4.76. The maximum Gasteiger partial charge on any atom is 0.0320 e. The zero-order chi connectivity index (χ0) is 12.0. The molecule has 0 aliphatic rings. The highest BCUT2D eigenvalue weighted by atomic mass is 15.2. The standard InChI is InChI=1S/C14H24N2/c1-12(2)11-16(10-9-15)13(3)14-7-5-4-6-8-14/h4-8,12-13H,9-11,15H2,1-3H3. The lowest BCUT2D eigenvalue weighted by molar-refractivity contribution is 0.193. The second kappa shape index (κ2) is 6.66. The van der Waals surface area contributed by atoms with Gasteiger partial charge in [0.05, 0.1) is 0 Å². The molecule has 0 aliphatic heterocycles. The number of hydrogen-bond acceptors (Lipinski definition) is 2. The summed E-state index contributed by atoms with van der Waals surface area (Å²) in [6, 6.07) is 11.1. The van der Waals surface area contributed by atoms with E-state index in [1.54, 1.807) is 0 Å². The molecule has 0 saturated carbocycles. The summed E-state index contributed by atoms with van der Waals surface area (Å²) in [6.07, 6.45) is 0. The van der Waals surface area contributed by atoms with Crippen LogP contribution in [0.15, 0.2) is 30.3 Å². The Hall–Kier alpha value is -0.860. The van der Waals surface area contributed by atoms with Crippen LogP contribution in [-0.2, 0) is 0 Å². The van der Waals surface area contributed by atoms with Crippen molar-refractivity contribution in [1.29, 1.82) is 0 Å². The van der Waals surface area contributed by atoms with E-state index < -0.39 is 0 Å². The van der Waals surface area contributed by atoms with Gasteiger partial charge in [0.1, 0.15) is 0 Å². The van der Waals surface area contributed by atoms with Crippen LogP contribution in [0.3, 0.4) is 0 Å². The fraction of sp³-hybridized carbons (Fsp3) is 0.571. The Morgan fingerprint density at radius 3 is 2.25 bits per heavy atom. The molecular formula is C14H24N2. The lowest BCUT2D eigenvalue weighted by Gasteiger charge is -2.30. The van der Waals surface area contributed by atoms with E-state index in [1.807, 2.05) is 0 Å². The van der Waals surface area contributed by atoms with E-state index in [0.29, 0.717) is 12.0 Å². The Labute approximate surface area is 99.5 Å². The molecule has 1 aromatic carbocycles. The zero-order valence-corrected chi connectivity index (χ0v) is 10.7. The van der Waals surface area contributed by atoms with E-state index >= 15 is 0 Å². The van der Waals surface area contributed by atoms with E-state index in [-0.39, 0.29) is 0 Å². The van der Waals surface area contributed by atoms with Crippen LogP contribution in [0.5, 0.6) is 0 Å². The average Bonchev–Trinajstić information content (AvgIpc) is 2.28. The predicted molar refractivity (Wildman–Crippen MR) is 70.3 cm³/mol. The summed E-state index contributed by atoms with van der Waals surface area (Å²) >= 11 is 0. The van der Waals surface area contributed by atoms with Gasteiger partial charge in [0.25, 0.3) is 0 Å². The Morgan fingerprint density at radius 1 is 1.12 bits per heavy atom. The maximum atomic E-state index is 5.68. The first-order valence-corrected chi connectivity index (χ1v) is 6.14. The van der Waals surface area contributed by atoms with Crippen molar-refractivity contribution >= 4 is 0 Å². The van der Waals surface area contributed by atoms with Gasteiger partial charge in [-0.05, 0) is 18.4 Å². The number of nitrogens with zero attached hydrogens (tertiary/aromatic N) is 1. The molecule has 0 aliphatic carbocycles. The Bertz CT molecular complexity index is 282. The molecule has 0 bridgehead atoms. The SMILES string of the molecule is CC(C)CN(CCN)C(C)c1ccccc1. The topological polar surface area (TPSA) is 29.3 Å². The summed E-state index contributed by atoms with van der Waals surface area (Å²) in [4.78, 5) is 2.46. The molecule has 2 nitrogen and oxygen atoms in total. The van der Waals surface area contributed by atoms with Crippen LogP contribution in [-0.4, -0.2) is 24.5 Å². The van der Waals surface area contributed by atoms with Crippen LogP contribution in [0.25, 0.3) is 0 Å². The minimum Gasteiger partial charge on any atom is -0.329 e. The average molecular weight is 220 g/mol. The highest BCUT2D eigenvalue weighted by Crippen LogP contribution is 2.20. The van der Waals surface area contributed by atoms with Gasteiger partial charge < -0.3 is 5.73 Å². The highest BCUT2D eigenvalue weighted by Gasteiger charge is 2.15. The number of hydrogen-bond donors (Lipinski definition) is 1. The summed E-state index contributed by atoms with van der Waals surface area (Å²) in [6.45, 7) is 9.56. The quantitative estimate of drug-likeness (QED) is 0.798. The second-order valence-corrected chi connectivity index (χ2v) is 4.76. The smallest absolute Gasteiger partial charge is 0.0320 e. The normalized spacial score (nSPS) is 13.4. The third kappa shape index (κ3) is 3.95. The first kappa shape index (κ1) is 13.2. The van der Waals surface area contributed by atoms with Crippen molar-refractivity contribution in [2.45, 2.75) is 26.8 Å². The van der Waals surface area contributed by atoms with Gasteiger partial charge in [0.2, 0.25) is 0 Å². The highest BCUT2D eigenvalue weighted by molar-refractivity contribution is 5.18. The fourth-order valence-electron chi connectivity index (χ4n) is 2.02. The van der Waals surface area contributed by atoms with E-state index in [9.17, 15) is 0 Å². The van der Waals surface area contributed by atoms with Gasteiger partial charge in [-0.25, -0.2) is 0 Å².